The summed E-state index contributed by atoms with van der Waals surface area (Å²) in [5, 5.41) is 8.26. The van der Waals surface area contributed by atoms with Crippen LogP contribution >= 0.6 is 0 Å². The third kappa shape index (κ3) is 4.13. The predicted octanol–water partition coefficient (Wildman–Crippen LogP) is 3.17. The van der Waals surface area contributed by atoms with Crippen molar-refractivity contribution < 1.29 is 0 Å². The molecule has 3 nitrogen and oxygen atoms in total. The van der Waals surface area contributed by atoms with Gasteiger partial charge in [0.1, 0.15) is 0 Å². The Morgan fingerprint density at radius 2 is 2.22 bits per heavy atom. The van der Waals surface area contributed by atoms with E-state index in [1.54, 1.807) is 0 Å². The monoisotopic (exact) mass is 249 g/mol. The Kier molecular flexibility index (Phi) is 4.81. The molecule has 1 aliphatic carbocycles. The SMILES string of the molecule is CCC(C)n1ccc(CCC(C)CNC2CC2)n1. The van der Waals surface area contributed by atoms with Crippen molar-refractivity contribution in [3.8, 4) is 0 Å². The van der Waals surface area contributed by atoms with E-state index in [0.29, 0.717) is 6.04 Å². The average molecular weight is 249 g/mol. The van der Waals surface area contributed by atoms with E-state index in [1.807, 2.05) is 0 Å². The standard InChI is InChI=1S/C15H27N3/c1-4-13(3)18-10-9-15(17-18)6-5-12(2)11-16-14-7-8-14/h9-10,12-14,16H,4-8,11H2,1-3H3. The smallest absolute Gasteiger partial charge is 0.0624 e. The van der Waals surface area contributed by atoms with E-state index in [1.165, 1.54) is 25.0 Å². The molecule has 0 bridgehead atoms. The number of rotatable bonds is 8. The molecular formula is C15H27N3. The van der Waals surface area contributed by atoms with E-state index in [9.17, 15) is 0 Å². The first-order valence-electron chi connectivity index (χ1n) is 7.46. The molecule has 1 aromatic rings. The first-order valence-corrected chi connectivity index (χ1v) is 7.46. The van der Waals surface area contributed by atoms with Gasteiger partial charge >= 0.3 is 0 Å². The van der Waals surface area contributed by atoms with Gasteiger partial charge in [-0.1, -0.05) is 13.8 Å². The third-order valence-electron chi connectivity index (χ3n) is 3.93. The maximum atomic E-state index is 4.66. The second-order valence-corrected chi connectivity index (χ2v) is 5.87. The molecule has 102 valence electrons. The minimum absolute atomic E-state index is 0.521. The number of aryl methyl sites for hydroxylation is 1. The minimum Gasteiger partial charge on any atom is -0.314 e. The summed E-state index contributed by atoms with van der Waals surface area (Å²) in [6, 6.07) is 3.53. The molecule has 1 aliphatic rings. The van der Waals surface area contributed by atoms with Crippen molar-refractivity contribution in [2.75, 3.05) is 6.54 Å². The van der Waals surface area contributed by atoms with Crippen LogP contribution in [0.25, 0.3) is 0 Å². The summed E-state index contributed by atoms with van der Waals surface area (Å²) in [6.45, 7) is 7.92. The molecule has 1 fully saturated rings. The molecule has 18 heavy (non-hydrogen) atoms. The zero-order chi connectivity index (χ0) is 13.0. The average Bonchev–Trinajstić information content (AvgIpc) is 3.09. The van der Waals surface area contributed by atoms with Gasteiger partial charge in [-0.2, -0.15) is 5.10 Å². The molecule has 0 spiro atoms. The highest BCUT2D eigenvalue weighted by Crippen LogP contribution is 2.19. The highest BCUT2D eigenvalue weighted by Gasteiger charge is 2.20. The van der Waals surface area contributed by atoms with E-state index >= 15 is 0 Å². The first-order chi connectivity index (χ1) is 8.69. The Bertz CT molecular complexity index is 354. The maximum absolute atomic E-state index is 4.66. The van der Waals surface area contributed by atoms with Crippen LogP contribution in [0.1, 0.15) is 58.2 Å². The molecular weight excluding hydrogens is 222 g/mol. The molecule has 1 aromatic heterocycles. The lowest BCUT2D eigenvalue weighted by molar-refractivity contribution is 0.459. The Hall–Kier alpha value is -0.830. The van der Waals surface area contributed by atoms with Crippen LogP contribution in [0.3, 0.4) is 0 Å². The van der Waals surface area contributed by atoms with Gasteiger partial charge in [-0.15, -0.1) is 0 Å². The predicted molar refractivity (Wildman–Crippen MR) is 75.7 cm³/mol. The van der Waals surface area contributed by atoms with Crippen LogP contribution in [-0.2, 0) is 6.42 Å². The van der Waals surface area contributed by atoms with Gasteiger partial charge in [0.25, 0.3) is 0 Å². The Balaban J connectivity index is 1.69. The van der Waals surface area contributed by atoms with Crippen LogP contribution < -0.4 is 5.32 Å². The highest BCUT2D eigenvalue weighted by atomic mass is 15.3. The van der Waals surface area contributed by atoms with Gasteiger partial charge < -0.3 is 5.32 Å². The van der Waals surface area contributed by atoms with Crippen LogP contribution in [-0.4, -0.2) is 22.4 Å². The van der Waals surface area contributed by atoms with E-state index in [2.05, 4.69) is 48.1 Å². The zero-order valence-corrected chi connectivity index (χ0v) is 12.0. The summed E-state index contributed by atoms with van der Waals surface area (Å²) in [7, 11) is 0. The van der Waals surface area contributed by atoms with Gasteiger partial charge in [0.15, 0.2) is 0 Å². The lowest BCUT2D eigenvalue weighted by Gasteiger charge is -2.11. The van der Waals surface area contributed by atoms with Crippen LogP contribution in [0.2, 0.25) is 0 Å². The van der Waals surface area contributed by atoms with Crippen LogP contribution in [0.4, 0.5) is 0 Å². The molecule has 2 atom stereocenters. The van der Waals surface area contributed by atoms with Crippen molar-refractivity contribution in [2.24, 2.45) is 5.92 Å². The fourth-order valence-electron chi connectivity index (χ4n) is 2.09. The molecule has 1 heterocycles. The topological polar surface area (TPSA) is 29.9 Å². The summed E-state index contributed by atoms with van der Waals surface area (Å²) >= 11 is 0. The Labute approximate surface area is 111 Å². The van der Waals surface area contributed by atoms with E-state index in [0.717, 1.165) is 31.3 Å². The fourth-order valence-corrected chi connectivity index (χ4v) is 2.09. The lowest BCUT2D eigenvalue weighted by Crippen LogP contribution is -2.23. The van der Waals surface area contributed by atoms with Crippen LogP contribution in [0.15, 0.2) is 12.3 Å². The van der Waals surface area contributed by atoms with Crippen molar-refractivity contribution >= 4 is 0 Å². The van der Waals surface area contributed by atoms with Gasteiger partial charge in [-0.05, 0) is 57.6 Å². The summed E-state index contributed by atoms with van der Waals surface area (Å²) in [6.07, 6.45) is 8.37. The summed E-state index contributed by atoms with van der Waals surface area (Å²) in [5.74, 6) is 0.749. The number of aromatic nitrogens is 2. The minimum atomic E-state index is 0.521. The zero-order valence-electron chi connectivity index (χ0n) is 12.0. The second kappa shape index (κ2) is 6.37. The van der Waals surface area contributed by atoms with Crippen molar-refractivity contribution in [2.45, 2.75) is 65.0 Å². The van der Waals surface area contributed by atoms with Gasteiger partial charge in [-0.3, -0.25) is 4.68 Å². The van der Waals surface area contributed by atoms with Gasteiger partial charge in [0, 0.05) is 18.3 Å². The second-order valence-electron chi connectivity index (χ2n) is 5.87. The van der Waals surface area contributed by atoms with Crippen molar-refractivity contribution in [1.82, 2.24) is 15.1 Å². The third-order valence-corrected chi connectivity index (χ3v) is 3.93. The molecule has 2 unspecified atom stereocenters. The molecule has 1 N–H and O–H groups in total. The first kappa shape index (κ1) is 13.6. The Morgan fingerprint density at radius 3 is 2.89 bits per heavy atom. The quantitative estimate of drug-likeness (QED) is 0.767. The van der Waals surface area contributed by atoms with Crippen molar-refractivity contribution in [3.63, 3.8) is 0 Å². The summed E-state index contributed by atoms with van der Waals surface area (Å²) in [5.41, 5.74) is 1.24. The molecule has 3 heteroatoms. The van der Waals surface area contributed by atoms with Gasteiger partial charge in [0.05, 0.1) is 5.69 Å². The molecule has 0 aliphatic heterocycles. The number of nitrogens with zero attached hydrogens (tertiary/aromatic N) is 2. The van der Waals surface area contributed by atoms with Crippen LogP contribution in [0, 0.1) is 5.92 Å². The summed E-state index contributed by atoms with van der Waals surface area (Å²) < 4.78 is 2.10. The molecule has 2 rings (SSSR count). The molecule has 0 saturated heterocycles. The van der Waals surface area contributed by atoms with E-state index in [-0.39, 0.29) is 0 Å². The molecule has 0 aromatic carbocycles. The van der Waals surface area contributed by atoms with E-state index in [4.69, 9.17) is 0 Å². The van der Waals surface area contributed by atoms with Crippen molar-refractivity contribution in [3.05, 3.63) is 18.0 Å². The number of nitrogens with one attached hydrogen (secondary N) is 1. The highest BCUT2D eigenvalue weighted by molar-refractivity contribution is 5.00. The largest absolute Gasteiger partial charge is 0.314 e. The van der Waals surface area contributed by atoms with Crippen molar-refractivity contribution in [1.29, 1.82) is 0 Å². The van der Waals surface area contributed by atoms with Gasteiger partial charge in [0.2, 0.25) is 0 Å². The normalized spacial score (nSPS) is 18.8. The molecule has 1 saturated carbocycles. The molecule has 0 amide bonds. The van der Waals surface area contributed by atoms with E-state index < -0.39 is 0 Å². The number of hydrogen-bond acceptors (Lipinski definition) is 2. The van der Waals surface area contributed by atoms with Crippen LogP contribution in [0.5, 0.6) is 0 Å². The van der Waals surface area contributed by atoms with Gasteiger partial charge in [-0.25, -0.2) is 0 Å². The lowest BCUT2D eigenvalue weighted by atomic mass is 10.0. The summed E-state index contributed by atoms with van der Waals surface area (Å²) in [4.78, 5) is 0. The Morgan fingerprint density at radius 1 is 1.44 bits per heavy atom. The fraction of sp³-hybridized carbons (Fsp3) is 0.800. The number of hydrogen-bond donors (Lipinski definition) is 1. The molecule has 0 radical (unpaired) electrons. The maximum Gasteiger partial charge on any atom is 0.0624 e.